The molecule has 1 aromatic rings. The zero-order chi connectivity index (χ0) is 21.2. The lowest BCUT2D eigenvalue weighted by molar-refractivity contribution is 0.466. The standard InChI is InChI=1S/C26H46OS2/c1-4-6-8-10-12-14-15-17-28-21-24-19-23(3)26(27)25(20-24)22-29-18-16-13-11-9-7-5-2/h19-20,27H,4-18,21-22H2,1-3H3. The minimum atomic E-state index is 0.515. The average Bonchev–Trinajstić information content (AvgIpc) is 2.72. The number of aryl methyl sites for hydroxylation is 1. The van der Waals surface area contributed by atoms with E-state index in [2.05, 4.69) is 37.7 Å². The van der Waals surface area contributed by atoms with Gasteiger partial charge in [0.25, 0.3) is 0 Å². The molecule has 0 amide bonds. The molecule has 0 saturated carbocycles. The molecule has 1 rings (SSSR count). The van der Waals surface area contributed by atoms with Crippen molar-refractivity contribution in [2.75, 3.05) is 11.5 Å². The van der Waals surface area contributed by atoms with Crippen LogP contribution in [0.2, 0.25) is 0 Å². The van der Waals surface area contributed by atoms with Crippen molar-refractivity contribution in [2.45, 2.75) is 116 Å². The molecule has 0 heterocycles. The van der Waals surface area contributed by atoms with Crippen molar-refractivity contribution >= 4 is 23.5 Å². The molecule has 0 radical (unpaired) electrons. The molecule has 0 unspecified atom stereocenters. The Morgan fingerprint density at radius 2 is 1.14 bits per heavy atom. The van der Waals surface area contributed by atoms with Gasteiger partial charge < -0.3 is 5.11 Å². The predicted molar refractivity (Wildman–Crippen MR) is 137 cm³/mol. The van der Waals surface area contributed by atoms with Crippen LogP contribution in [0.1, 0.15) is 114 Å². The molecule has 29 heavy (non-hydrogen) atoms. The van der Waals surface area contributed by atoms with Crippen LogP contribution >= 0.6 is 23.5 Å². The van der Waals surface area contributed by atoms with Crippen LogP contribution in [0.5, 0.6) is 5.75 Å². The number of phenolic OH excluding ortho intramolecular Hbond substituents is 1. The maximum absolute atomic E-state index is 10.4. The van der Waals surface area contributed by atoms with E-state index in [0.29, 0.717) is 5.75 Å². The van der Waals surface area contributed by atoms with Crippen LogP contribution in [0.4, 0.5) is 0 Å². The number of hydrogen-bond acceptors (Lipinski definition) is 3. The van der Waals surface area contributed by atoms with E-state index in [0.717, 1.165) is 22.6 Å². The van der Waals surface area contributed by atoms with E-state index in [1.54, 1.807) is 0 Å². The second-order valence-electron chi connectivity index (χ2n) is 8.41. The molecule has 0 saturated heterocycles. The summed E-state index contributed by atoms with van der Waals surface area (Å²) < 4.78 is 0. The molecule has 1 aromatic carbocycles. The minimum Gasteiger partial charge on any atom is -0.507 e. The first-order valence-electron chi connectivity index (χ1n) is 12.2. The third kappa shape index (κ3) is 13.6. The van der Waals surface area contributed by atoms with Gasteiger partial charge >= 0.3 is 0 Å². The third-order valence-electron chi connectivity index (χ3n) is 5.50. The summed E-state index contributed by atoms with van der Waals surface area (Å²) in [6.45, 7) is 6.59. The highest BCUT2D eigenvalue weighted by Gasteiger charge is 2.08. The van der Waals surface area contributed by atoms with Crippen molar-refractivity contribution in [1.29, 1.82) is 0 Å². The van der Waals surface area contributed by atoms with Gasteiger partial charge in [-0.05, 0) is 42.4 Å². The first-order valence-corrected chi connectivity index (χ1v) is 14.5. The number of benzene rings is 1. The van der Waals surface area contributed by atoms with Gasteiger partial charge in [-0.3, -0.25) is 0 Å². The maximum atomic E-state index is 10.4. The third-order valence-corrected chi connectivity index (χ3v) is 7.71. The van der Waals surface area contributed by atoms with E-state index in [9.17, 15) is 5.11 Å². The smallest absolute Gasteiger partial charge is 0.122 e. The van der Waals surface area contributed by atoms with Gasteiger partial charge in [-0.2, -0.15) is 23.5 Å². The Bertz CT molecular complexity index is 516. The Labute approximate surface area is 190 Å². The van der Waals surface area contributed by atoms with Gasteiger partial charge in [-0.1, -0.05) is 96.6 Å². The Hall–Kier alpha value is -0.280. The second kappa shape index (κ2) is 18.5. The number of hydrogen-bond donors (Lipinski definition) is 1. The predicted octanol–water partition coefficient (Wildman–Crippen LogP) is 9.28. The summed E-state index contributed by atoms with van der Waals surface area (Å²) in [4.78, 5) is 0. The van der Waals surface area contributed by atoms with Crippen LogP contribution in [0, 0.1) is 6.92 Å². The Kier molecular flexibility index (Phi) is 17.1. The molecule has 0 aromatic heterocycles. The molecule has 0 aliphatic heterocycles. The van der Waals surface area contributed by atoms with Crippen molar-refractivity contribution < 1.29 is 5.11 Å². The summed E-state index contributed by atoms with van der Waals surface area (Å²) in [7, 11) is 0. The highest BCUT2D eigenvalue weighted by molar-refractivity contribution is 7.98. The summed E-state index contributed by atoms with van der Waals surface area (Å²) in [5, 5.41) is 10.4. The Morgan fingerprint density at radius 1 is 0.655 bits per heavy atom. The molecule has 168 valence electrons. The number of thioether (sulfide) groups is 2. The van der Waals surface area contributed by atoms with Gasteiger partial charge in [0.15, 0.2) is 0 Å². The molecule has 0 bridgehead atoms. The first-order chi connectivity index (χ1) is 14.2. The van der Waals surface area contributed by atoms with E-state index in [1.807, 2.05) is 18.7 Å². The van der Waals surface area contributed by atoms with Crippen molar-refractivity contribution in [1.82, 2.24) is 0 Å². The number of phenols is 1. The van der Waals surface area contributed by atoms with Gasteiger partial charge in [0, 0.05) is 17.1 Å². The average molecular weight is 439 g/mol. The van der Waals surface area contributed by atoms with Gasteiger partial charge in [0.1, 0.15) is 5.75 Å². The molecule has 0 atom stereocenters. The van der Waals surface area contributed by atoms with Gasteiger partial charge in [-0.25, -0.2) is 0 Å². The van der Waals surface area contributed by atoms with Crippen LogP contribution in [0.25, 0.3) is 0 Å². The zero-order valence-electron chi connectivity index (χ0n) is 19.4. The van der Waals surface area contributed by atoms with Crippen LogP contribution in [0.15, 0.2) is 12.1 Å². The monoisotopic (exact) mass is 438 g/mol. The normalized spacial score (nSPS) is 11.3. The fourth-order valence-electron chi connectivity index (χ4n) is 3.64. The zero-order valence-corrected chi connectivity index (χ0v) is 21.1. The van der Waals surface area contributed by atoms with Crippen molar-refractivity contribution in [3.05, 3.63) is 28.8 Å². The van der Waals surface area contributed by atoms with Crippen LogP contribution in [0.3, 0.4) is 0 Å². The quantitative estimate of drug-likeness (QED) is 0.217. The lowest BCUT2D eigenvalue weighted by Crippen LogP contribution is -1.92. The van der Waals surface area contributed by atoms with Crippen molar-refractivity contribution in [3.63, 3.8) is 0 Å². The molecule has 0 aliphatic carbocycles. The van der Waals surface area contributed by atoms with E-state index in [-0.39, 0.29) is 0 Å². The van der Waals surface area contributed by atoms with E-state index in [4.69, 9.17) is 0 Å². The van der Waals surface area contributed by atoms with Gasteiger partial charge in [0.2, 0.25) is 0 Å². The van der Waals surface area contributed by atoms with Gasteiger partial charge in [-0.15, -0.1) is 0 Å². The fraction of sp³-hybridized carbons (Fsp3) is 0.769. The maximum Gasteiger partial charge on any atom is 0.122 e. The second-order valence-corrected chi connectivity index (χ2v) is 10.6. The van der Waals surface area contributed by atoms with Crippen LogP contribution in [-0.4, -0.2) is 16.6 Å². The van der Waals surface area contributed by atoms with Crippen molar-refractivity contribution in [3.8, 4) is 5.75 Å². The minimum absolute atomic E-state index is 0.515. The summed E-state index contributed by atoms with van der Waals surface area (Å²) >= 11 is 4.03. The number of unbranched alkanes of at least 4 members (excludes halogenated alkanes) is 11. The van der Waals surface area contributed by atoms with Crippen LogP contribution < -0.4 is 0 Å². The highest BCUT2D eigenvalue weighted by atomic mass is 32.2. The summed E-state index contributed by atoms with van der Waals surface area (Å²) in [6, 6.07) is 4.42. The first kappa shape index (κ1) is 26.8. The topological polar surface area (TPSA) is 20.2 Å². The summed E-state index contributed by atoms with van der Waals surface area (Å²) in [5.41, 5.74) is 3.55. The largest absolute Gasteiger partial charge is 0.507 e. The van der Waals surface area contributed by atoms with Crippen molar-refractivity contribution in [2.24, 2.45) is 0 Å². The van der Waals surface area contributed by atoms with E-state index < -0.39 is 0 Å². The molecule has 0 spiro atoms. The SMILES string of the molecule is CCCCCCCCCSCc1cc(C)c(O)c(CSCCCCCCCC)c1. The number of rotatable bonds is 19. The molecule has 1 N–H and O–H groups in total. The van der Waals surface area contributed by atoms with E-state index in [1.165, 1.54) is 101 Å². The molecule has 1 nitrogen and oxygen atoms in total. The highest BCUT2D eigenvalue weighted by Crippen LogP contribution is 2.29. The molecule has 0 fully saturated rings. The molecular weight excluding hydrogens is 392 g/mol. The summed E-state index contributed by atoms with van der Waals surface area (Å²) in [6.07, 6.45) is 17.8. The molecular formula is C26H46OS2. The fourth-order valence-corrected chi connectivity index (χ4v) is 5.59. The lowest BCUT2D eigenvalue weighted by Gasteiger charge is -2.11. The summed E-state index contributed by atoms with van der Waals surface area (Å²) in [5.74, 6) is 5.00. The molecule has 3 heteroatoms. The van der Waals surface area contributed by atoms with Crippen LogP contribution in [-0.2, 0) is 11.5 Å². The van der Waals surface area contributed by atoms with E-state index >= 15 is 0 Å². The number of aromatic hydroxyl groups is 1. The molecule has 0 aliphatic rings. The lowest BCUT2D eigenvalue weighted by atomic mass is 10.1. The Morgan fingerprint density at radius 3 is 1.69 bits per heavy atom. The van der Waals surface area contributed by atoms with Gasteiger partial charge in [0.05, 0.1) is 0 Å². The Balaban J connectivity index is 2.22.